The molecule has 2 N–H and O–H groups in total. The van der Waals surface area contributed by atoms with Crippen molar-refractivity contribution in [3.8, 4) is 11.4 Å². The Morgan fingerprint density at radius 2 is 1.70 bits per heavy atom. The number of amides is 1. The summed E-state index contributed by atoms with van der Waals surface area (Å²) in [6.07, 6.45) is 0. The Bertz CT molecular complexity index is 1020. The minimum Gasteiger partial charge on any atom is -0.350 e. The van der Waals surface area contributed by atoms with Gasteiger partial charge in [-0.2, -0.15) is 5.10 Å². The minimum atomic E-state index is -0.104. The third-order valence-corrected chi connectivity index (χ3v) is 5.49. The summed E-state index contributed by atoms with van der Waals surface area (Å²) in [7, 11) is 0. The van der Waals surface area contributed by atoms with Gasteiger partial charge < -0.3 is 5.32 Å². The maximum Gasteiger partial charge on any atom is 0.240 e. The van der Waals surface area contributed by atoms with Crippen molar-refractivity contribution < 1.29 is 4.79 Å². The monoisotopic (exact) mass is 423 g/mol. The van der Waals surface area contributed by atoms with Crippen LogP contribution in [0.3, 0.4) is 0 Å². The fraction of sp³-hybridized carbons (Fsp3) is 0.348. The number of H-pyrrole nitrogens is 1. The number of nitrogens with zero attached hydrogens (tertiary/aromatic N) is 3. The first kappa shape index (κ1) is 21.9. The summed E-state index contributed by atoms with van der Waals surface area (Å²) in [5, 5.41) is 10.1. The van der Waals surface area contributed by atoms with Crippen LogP contribution in [0.5, 0.6) is 0 Å². The molecule has 3 rings (SSSR count). The fourth-order valence-corrected chi connectivity index (χ4v) is 3.45. The quantitative estimate of drug-likeness (QED) is 0.509. The summed E-state index contributed by atoms with van der Waals surface area (Å²) < 4.78 is 2.16. The largest absolute Gasteiger partial charge is 0.350 e. The number of hydrogen-bond acceptors (Lipinski definition) is 4. The average Bonchev–Trinajstić information content (AvgIpc) is 3.12. The van der Waals surface area contributed by atoms with Crippen LogP contribution < -0.4 is 5.32 Å². The standard InChI is InChI=1S/C23H29N5OS/c1-4-27(5-2)15-19-10-8-18(9-11-19)14-24-21(29)16-28-22(25-26-23(28)30)20-12-6-17(3)7-13-20/h6-13H,4-5,14-16H2,1-3H3,(H,24,29)(H,26,30). The van der Waals surface area contributed by atoms with Gasteiger partial charge in [-0.05, 0) is 43.4 Å². The second-order valence-corrected chi connectivity index (χ2v) is 7.75. The Kier molecular flexibility index (Phi) is 7.54. The van der Waals surface area contributed by atoms with Gasteiger partial charge in [-0.3, -0.25) is 19.4 Å². The Labute approximate surface area is 182 Å². The predicted octanol–water partition coefficient (Wildman–Crippen LogP) is 4.07. The van der Waals surface area contributed by atoms with E-state index in [1.807, 2.05) is 31.2 Å². The van der Waals surface area contributed by atoms with E-state index in [0.717, 1.165) is 30.8 Å². The Morgan fingerprint density at radius 3 is 2.33 bits per heavy atom. The zero-order valence-corrected chi connectivity index (χ0v) is 18.6. The first-order chi connectivity index (χ1) is 14.5. The van der Waals surface area contributed by atoms with Crippen molar-refractivity contribution in [3.63, 3.8) is 0 Å². The lowest BCUT2D eigenvalue weighted by atomic mass is 10.1. The van der Waals surface area contributed by atoms with Crippen LogP contribution in [-0.4, -0.2) is 38.7 Å². The van der Waals surface area contributed by atoms with E-state index in [1.165, 1.54) is 11.1 Å². The van der Waals surface area contributed by atoms with Crippen molar-refractivity contribution in [2.75, 3.05) is 13.1 Å². The van der Waals surface area contributed by atoms with E-state index in [2.05, 4.69) is 58.5 Å². The SMILES string of the molecule is CCN(CC)Cc1ccc(CNC(=O)Cn2c(-c3ccc(C)cc3)n[nH]c2=S)cc1. The molecule has 6 nitrogen and oxygen atoms in total. The number of aromatic nitrogens is 3. The molecule has 0 aliphatic rings. The van der Waals surface area contributed by atoms with Crippen LogP contribution in [0, 0.1) is 11.7 Å². The van der Waals surface area contributed by atoms with E-state index in [9.17, 15) is 4.79 Å². The lowest BCUT2D eigenvalue weighted by Gasteiger charge is -2.18. The molecule has 158 valence electrons. The second kappa shape index (κ2) is 10.3. The molecule has 0 bridgehead atoms. The fourth-order valence-electron chi connectivity index (χ4n) is 3.26. The molecule has 0 aliphatic heterocycles. The van der Waals surface area contributed by atoms with E-state index in [0.29, 0.717) is 17.1 Å². The van der Waals surface area contributed by atoms with Crippen molar-refractivity contribution in [2.45, 2.75) is 40.4 Å². The van der Waals surface area contributed by atoms with Crippen LogP contribution in [0.25, 0.3) is 11.4 Å². The molecule has 1 amide bonds. The van der Waals surface area contributed by atoms with Gasteiger partial charge >= 0.3 is 0 Å². The summed E-state index contributed by atoms with van der Waals surface area (Å²) in [5.74, 6) is 0.559. The van der Waals surface area contributed by atoms with Crippen LogP contribution >= 0.6 is 12.2 Å². The summed E-state index contributed by atoms with van der Waals surface area (Å²) in [6, 6.07) is 16.4. The first-order valence-electron chi connectivity index (χ1n) is 10.3. The van der Waals surface area contributed by atoms with Gasteiger partial charge in [0.2, 0.25) is 5.91 Å². The zero-order valence-electron chi connectivity index (χ0n) is 17.8. The van der Waals surface area contributed by atoms with Crippen LogP contribution in [-0.2, 0) is 24.4 Å². The molecular formula is C23H29N5OS. The van der Waals surface area contributed by atoms with E-state index in [1.54, 1.807) is 4.57 Å². The molecule has 3 aromatic rings. The molecule has 0 aliphatic carbocycles. The normalized spacial score (nSPS) is 11.1. The van der Waals surface area contributed by atoms with Gasteiger partial charge in [-0.15, -0.1) is 0 Å². The third kappa shape index (κ3) is 5.64. The van der Waals surface area contributed by atoms with Gasteiger partial charge in [0.25, 0.3) is 0 Å². The number of carbonyl (C=O) groups is 1. The van der Waals surface area contributed by atoms with Crippen LogP contribution in [0.2, 0.25) is 0 Å². The number of benzene rings is 2. The molecule has 0 atom stereocenters. The first-order valence-corrected chi connectivity index (χ1v) is 10.7. The number of rotatable bonds is 9. The lowest BCUT2D eigenvalue weighted by molar-refractivity contribution is -0.121. The van der Waals surface area contributed by atoms with Crippen molar-refractivity contribution in [2.24, 2.45) is 0 Å². The highest BCUT2D eigenvalue weighted by molar-refractivity contribution is 7.71. The molecule has 1 heterocycles. The highest BCUT2D eigenvalue weighted by atomic mass is 32.1. The van der Waals surface area contributed by atoms with Crippen molar-refractivity contribution in [3.05, 3.63) is 70.0 Å². The number of aryl methyl sites for hydroxylation is 1. The molecule has 30 heavy (non-hydrogen) atoms. The van der Waals surface area contributed by atoms with Gasteiger partial charge in [0.1, 0.15) is 6.54 Å². The number of aromatic amines is 1. The van der Waals surface area contributed by atoms with Crippen LogP contribution in [0.1, 0.15) is 30.5 Å². The topological polar surface area (TPSA) is 66.0 Å². The molecule has 0 radical (unpaired) electrons. The average molecular weight is 424 g/mol. The molecule has 0 fully saturated rings. The third-order valence-electron chi connectivity index (χ3n) is 5.18. The summed E-state index contributed by atoms with van der Waals surface area (Å²) in [6.45, 7) is 10.00. The van der Waals surface area contributed by atoms with Gasteiger partial charge in [0, 0.05) is 18.7 Å². The lowest BCUT2D eigenvalue weighted by Crippen LogP contribution is -2.27. The molecule has 0 saturated carbocycles. The molecular weight excluding hydrogens is 394 g/mol. The second-order valence-electron chi connectivity index (χ2n) is 7.36. The molecule has 7 heteroatoms. The Morgan fingerprint density at radius 1 is 1.07 bits per heavy atom. The van der Waals surface area contributed by atoms with Crippen molar-refractivity contribution in [1.29, 1.82) is 0 Å². The van der Waals surface area contributed by atoms with E-state index < -0.39 is 0 Å². The maximum atomic E-state index is 12.5. The van der Waals surface area contributed by atoms with Gasteiger partial charge in [0.05, 0.1) is 0 Å². The maximum absolute atomic E-state index is 12.5. The van der Waals surface area contributed by atoms with Crippen LogP contribution in [0.15, 0.2) is 48.5 Å². The zero-order chi connectivity index (χ0) is 21.5. The Hall–Kier alpha value is -2.77. The number of nitrogens with one attached hydrogen (secondary N) is 2. The minimum absolute atomic E-state index is 0.104. The van der Waals surface area contributed by atoms with E-state index >= 15 is 0 Å². The van der Waals surface area contributed by atoms with Crippen LogP contribution in [0.4, 0.5) is 0 Å². The molecule has 0 unspecified atom stereocenters. The molecule has 0 saturated heterocycles. The molecule has 0 spiro atoms. The summed E-state index contributed by atoms with van der Waals surface area (Å²) >= 11 is 5.32. The predicted molar refractivity (Wildman–Crippen MR) is 122 cm³/mol. The van der Waals surface area contributed by atoms with Gasteiger partial charge in [0.15, 0.2) is 10.6 Å². The van der Waals surface area contributed by atoms with E-state index in [-0.39, 0.29) is 12.5 Å². The highest BCUT2D eigenvalue weighted by Crippen LogP contribution is 2.18. The number of carbonyl (C=O) groups excluding carboxylic acids is 1. The summed E-state index contributed by atoms with van der Waals surface area (Å²) in [5.41, 5.74) is 4.44. The van der Waals surface area contributed by atoms with Crippen molar-refractivity contribution >= 4 is 18.1 Å². The van der Waals surface area contributed by atoms with Crippen molar-refractivity contribution in [1.82, 2.24) is 25.0 Å². The summed E-state index contributed by atoms with van der Waals surface area (Å²) in [4.78, 5) is 14.9. The molecule has 1 aromatic heterocycles. The Balaban J connectivity index is 1.60. The highest BCUT2D eigenvalue weighted by Gasteiger charge is 2.12. The van der Waals surface area contributed by atoms with Gasteiger partial charge in [-0.1, -0.05) is 67.9 Å². The van der Waals surface area contributed by atoms with Gasteiger partial charge in [-0.25, -0.2) is 0 Å². The molecule has 2 aromatic carbocycles. The van der Waals surface area contributed by atoms with E-state index in [4.69, 9.17) is 12.2 Å². The number of hydrogen-bond donors (Lipinski definition) is 2. The smallest absolute Gasteiger partial charge is 0.240 e.